The maximum Gasteiger partial charge on any atom is 0.215 e. The predicted octanol–water partition coefficient (Wildman–Crippen LogP) is 1.98. The largest absolute Gasteiger partial charge is 0.475 e. The summed E-state index contributed by atoms with van der Waals surface area (Å²) in [4.78, 5) is 0. The average Bonchev–Trinajstić information content (AvgIpc) is 2.80. The Hall–Kier alpha value is -1.47. The van der Waals surface area contributed by atoms with Gasteiger partial charge in [0.15, 0.2) is 0 Å². The van der Waals surface area contributed by atoms with Gasteiger partial charge in [-0.3, -0.25) is 0 Å². The van der Waals surface area contributed by atoms with E-state index in [9.17, 15) is 0 Å². The van der Waals surface area contributed by atoms with Crippen LogP contribution in [0.5, 0.6) is 5.88 Å². The van der Waals surface area contributed by atoms with Crippen molar-refractivity contribution >= 4 is 0 Å². The molecule has 1 aliphatic rings. The molecule has 4 nitrogen and oxygen atoms in total. The lowest BCUT2D eigenvalue weighted by molar-refractivity contribution is 0.00207. The second-order valence-electron chi connectivity index (χ2n) is 5.23. The highest BCUT2D eigenvalue weighted by molar-refractivity contribution is 5.32. The fourth-order valence-electron chi connectivity index (χ4n) is 2.00. The third-order valence-corrected chi connectivity index (χ3v) is 3.59. The smallest absolute Gasteiger partial charge is 0.215 e. The van der Waals surface area contributed by atoms with Gasteiger partial charge in [-0.25, -0.2) is 4.68 Å². The van der Waals surface area contributed by atoms with Gasteiger partial charge in [-0.05, 0) is 11.8 Å². The highest BCUT2D eigenvalue weighted by Crippen LogP contribution is 2.35. The van der Waals surface area contributed by atoms with Crippen LogP contribution < -0.4 is 4.74 Å². The number of hydrogen-bond acceptors (Lipinski definition) is 3. The molecule has 2 rings (SSSR count). The fourth-order valence-corrected chi connectivity index (χ4v) is 2.00. The van der Waals surface area contributed by atoms with Crippen LogP contribution >= 0.6 is 0 Å². The van der Waals surface area contributed by atoms with E-state index in [1.807, 2.05) is 10.9 Å². The van der Waals surface area contributed by atoms with E-state index in [1.54, 1.807) is 0 Å². The van der Waals surface area contributed by atoms with Crippen LogP contribution in [0.4, 0.5) is 0 Å². The Kier molecular flexibility index (Phi) is 3.63. The van der Waals surface area contributed by atoms with E-state index in [4.69, 9.17) is 15.9 Å². The van der Waals surface area contributed by atoms with E-state index in [0.717, 1.165) is 12.3 Å². The van der Waals surface area contributed by atoms with E-state index in [2.05, 4.69) is 31.8 Å². The van der Waals surface area contributed by atoms with E-state index >= 15 is 0 Å². The Morgan fingerprint density at radius 1 is 1.67 bits per heavy atom. The highest BCUT2D eigenvalue weighted by Gasteiger charge is 2.30. The Morgan fingerprint density at radius 3 is 3.11 bits per heavy atom. The molecule has 1 aromatic heterocycles. The lowest BCUT2D eigenvalue weighted by atomic mass is 9.84. The topological polar surface area (TPSA) is 36.3 Å². The zero-order valence-electron chi connectivity index (χ0n) is 11.3. The maximum absolute atomic E-state index is 5.80. The maximum atomic E-state index is 5.80. The standard InChI is InChI=1S/C14H20N2O2/c1-5-7-17-11-9-16-13(18-10-11)12(8-15-16)14(3,4)6-2/h1,8,11H,6-7,9-10H2,2-4H3. The molecule has 4 heteroatoms. The molecule has 0 N–H and O–H groups in total. The first kappa shape index (κ1) is 13.0. The second kappa shape index (κ2) is 5.03. The summed E-state index contributed by atoms with van der Waals surface area (Å²) >= 11 is 0. The van der Waals surface area contributed by atoms with Crippen LogP contribution in [0, 0.1) is 12.3 Å². The van der Waals surface area contributed by atoms with Crippen molar-refractivity contribution < 1.29 is 9.47 Å². The number of aromatic nitrogens is 2. The van der Waals surface area contributed by atoms with Gasteiger partial charge in [-0.15, -0.1) is 6.42 Å². The van der Waals surface area contributed by atoms with Gasteiger partial charge < -0.3 is 9.47 Å². The van der Waals surface area contributed by atoms with Gasteiger partial charge in [0.25, 0.3) is 0 Å². The highest BCUT2D eigenvalue weighted by atomic mass is 16.5. The Balaban J connectivity index is 2.15. The van der Waals surface area contributed by atoms with Crippen LogP contribution in [0.3, 0.4) is 0 Å². The molecule has 1 atom stereocenters. The molecule has 98 valence electrons. The molecule has 0 aromatic carbocycles. The number of hydrogen-bond donors (Lipinski definition) is 0. The Bertz CT molecular complexity index is 457. The quantitative estimate of drug-likeness (QED) is 0.764. The molecule has 0 spiro atoms. The number of fused-ring (bicyclic) bond motifs is 1. The van der Waals surface area contributed by atoms with Crippen molar-refractivity contribution in [2.24, 2.45) is 0 Å². The van der Waals surface area contributed by atoms with Crippen molar-refractivity contribution in [2.75, 3.05) is 13.2 Å². The van der Waals surface area contributed by atoms with Crippen molar-refractivity contribution in [3.8, 4) is 18.2 Å². The molecular weight excluding hydrogens is 228 g/mol. The van der Waals surface area contributed by atoms with Crippen molar-refractivity contribution in [2.45, 2.75) is 45.3 Å². The normalized spacial score (nSPS) is 18.9. The summed E-state index contributed by atoms with van der Waals surface area (Å²) in [5, 5.41) is 4.39. The molecule has 1 aliphatic heterocycles. The first-order valence-corrected chi connectivity index (χ1v) is 6.32. The van der Waals surface area contributed by atoms with Crippen molar-refractivity contribution in [3.05, 3.63) is 11.8 Å². The zero-order valence-corrected chi connectivity index (χ0v) is 11.3. The molecule has 2 heterocycles. The van der Waals surface area contributed by atoms with Gasteiger partial charge in [0.2, 0.25) is 5.88 Å². The molecule has 0 amide bonds. The van der Waals surface area contributed by atoms with Gasteiger partial charge in [0.1, 0.15) is 19.3 Å². The Labute approximate surface area is 108 Å². The summed E-state index contributed by atoms with van der Waals surface area (Å²) in [6, 6.07) is 0. The summed E-state index contributed by atoms with van der Waals surface area (Å²) in [5.41, 5.74) is 1.25. The molecule has 1 unspecified atom stereocenters. The second-order valence-corrected chi connectivity index (χ2v) is 5.23. The van der Waals surface area contributed by atoms with Crippen LogP contribution in [-0.2, 0) is 16.7 Å². The first-order valence-electron chi connectivity index (χ1n) is 6.32. The van der Waals surface area contributed by atoms with Gasteiger partial charge >= 0.3 is 0 Å². The number of terminal acetylenes is 1. The summed E-state index contributed by atoms with van der Waals surface area (Å²) in [6.07, 6.45) is 8.13. The molecule has 0 saturated heterocycles. The average molecular weight is 248 g/mol. The molecular formula is C14H20N2O2. The van der Waals surface area contributed by atoms with Crippen molar-refractivity contribution in [3.63, 3.8) is 0 Å². The van der Waals surface area contributed by atoms with E-state index in [1.165, 1.54) is 5.56 Å². The monoisotopic (exact) mass is 248 g/mol. The Morgan fingerprint density at radius 2 is 2.44 bits per heavy atom. The van der Waals surface area contributed by atoms with Crippen LogP contribution in [0.15, 0.2) is 6.20 Å². The van der Waals surface area contributed by atoms with Crippen LogP contribution in [0.25, 0.3) is 0 Å². The molecule has 0 bridgehead atoms. The molecule has 1 aromatic rings. The van der Waals surface area contributed by atoms with Gasteiger partial charge in [0, 0.05) is 5.56 Å². The number of ether oxygens (including phenoxy) is 2. The minimum atomic E-state index is -0.00830. The SMILES string of the molecule is C#CCOC1COc2c(C(C)(C)CC)cnn2C1. The summed E-state index contributed by atoms with van der Waals surface area (Å²) in [6.45, 7) is 8.14. The molecule has 0 saturated carbocycles. The molecule has 18 heavy (non-hydrogen) atoms. The first-order chi connectivity index (χ1) is 8.58. The van der Waals surface area contributed by atoms with Gasteiger partial charge in [-0.1, -0.05) is 26.7 Å². The molecule has 0 fully saturated rings. The van der Waals surface area contributed by atoms with Crippen LogP contribution in [-0.4, -0.2) is 29.1 Å². The van der Waals surface area contributed by atoms with E-state index < -0.39 is 0 Å². The van der Waals surface area contributed by atoms with Crippen LogP contribution in [0.1, 0.15) is 32.8 Å². The molecule has 0 radical (unpaired) electrons. The minimum Gasteiger partial charge on any atom is -0.475 e. The van der Waals surface area contributed by atoms with Crippen molar-refractivity contribution in [1.82, 2.24) is 9.78 Å². The number of rotatable bonds is 4. The lowest BCUT2D eigenvalue weighted by Crippen LogP contribution is -2.33. The van der Waals surface area contributed by atoms with Gasteiger partial charge in [0.05, 0.1) is 12.7 Å². The van der Waals surface area contributed by atoms with E-state index in [0.29, 0.717) is 19.8 Å². The lowest BCUT2D eigenvalue weighted by Gasteiger charge is -2.28. The summed E-state index contributed by atoms with van der Waals surface area (Å²) in [7, 11) is 0. The summed E-state index contributed by atoms with van der Waals surface area (Å²) in [5.74, 6) is 3.35. The summed E-state index contributed by atoms with van der Waals surface area (Å²) < 4.78 is 13.2. The van der Waals surface area contributed by atoms with Crippen molar-refractivity contribution in [1.29, 1.82) is 0 Å². The third-order valence-electron chi connectivity index (χ3n) is 3.59. The predicted molar refractivity (Wildman–Crippen MR) is 69.6 cm³/mol. The van der Waals surface area contributed by atoms with Gasteiger partial charge in [-0.2, -0.15) is 5.10 Å². The van der Waals surface area contributed by atoms with Crippen LogP contribution in [0.2, 0.25) is 0 Å². The molecule has 0 aliphatic carbocycles. The van der Waals surface area contributed by atoms with E-state index in [-0.39, 0.29) is 11.5 Å². The minimum absolute atomic E-state index is 0.00830. The zero-order chi connectivity index (χ0) is 13.2. The number of nitrogens with zero attached hydrogens (tertiary/aromatic N) is 2. The third kappa shape index (κ3) is 2.37. The fraction of sp³-hybridized carbons (Fsp3) is 0.643.